The molecule has 0 spiro atoms. The molecule has 0 aliphatic heterocycles. The monoisotopic (exact) mass is 744 g/mol. The zero-order chi connectivity index (χ0) is 37.4. The molecular formula is C18H8F24O4. The second-order valence-electron chi connectivity index (χ2n) is 8.10. The van der Waals surface area contributed by atoms with Gasteiger partial charge in [-0.3, -0.25) is 0 Å². The molecule has 0 fully saturated rings. The van der Waals surface area contributed by atoms with Gasteiger partial charge in [0.2, 0.25) is 12.3 Å². The molecule has 272 valence electrons. The number of halogens is 24. The SMILES string of the molecule is O=C(C=CC(=O)OC(F)C(F)(F)C(F)(F)C(F)(F)C(F)(F)C(F)C(F)F)OC(F)C(F)(F)C(F)(F)C(F)(F)C(F)(F)C(F)C(F)F. The van der Waals surface area contributed by atoms with E-state index in [-0.39, 0.29) is 0 Å². The summed E-state index contributed by atoms with van der Waals surface area (Å²) in [6.45, 7) is 0. The minimum absolute atomic E-state index is 1.09. The maximum Gasteiger partial charge on any atom is 0.385 e. The van der Waals surface area contributed by atoms with Crippen LogP contribution in [0.25, 0.3) is 0 Å². The summed E-state index contributed by atoms with van der Waals surface area (Å²) in [5.41, 5.74) is 0. The molecule has 0 saturated carbocycles. The first kappa shape index (κ1) is 43.0. The Morgan fingerprint density at radius 1 is 0.391 bits per heavy atom. The third kappa shape index (κ3) is 7.12. The molecule has 4 unspecified atom stereocenters. The summed E-state index contributed by atoms with van der Waals surface area (Å²) in [6.07, 6.45) is -35.1. The molecule has 0 rings (SSSR count). The normalized spacial score (nSPS) is 17.7. The van der Waals surface area contributed by atoms with E-state index in [0.717, 1.165) is 0 Å². The fraction of sp³-hybridized carbons (Fsp3) is 0.778. The number of ether oxygens (including phenoxy) is 2. The van der Waals surface area contributed by atoms with Gasteiger partial charge in [0.25, 0.3) is 12.9 Å². The van der Waals surface area contributed by atoms with E-state index >= 15 is 0 Å². The van der Waals surface area contributed by atoms with Crippen LogP contribution in [0.3, 0.4) is 0 Å². The molecule has 0 radical (unpaired) electrons. The van der Waals surface area contributed by atoms with Crippen LogP contribution in [0.5, 0.6) is 0 Å². The van der Waals surface area contributed by atoms with E-state index in [1.165, 1.54) is 0 Å². The van der Waals surface area contributed by atoms with Crippen molar-refractivity contribution < 1.29 is 124 Å². The summed E-state index contributed by atoms with van der Waals surface area (Å²) < 4.78 is 319. The molecule has 0 bridgehead atoms. The first-order chi connectivity index (χ1) is 20.0. The van der Waals surface area contributed by atoms with Crippen molar-refractivity contribution in [3.63, 3.8) is 0 Å². The Balaban J connectivity index is 5.90. The molecule has 0 aliphatic carbocycles. The van der Waals surface area contributed by atoms with Crippen LogP contribution in [0.2, 0.25) is 0 Å². The van der Waals surface area contributed by atoms with E-state index in [2.05, 4.69) is 9.47 Å². The summed E-state index contributed by atoms with van der Waals surface area (Å²) >= 11 is 0. The van der Waals surface area contributed by atoms with E-state index in [9.17, 15) is 115 Å². The Bertz CT molecular complexity index is 1020. The Morgan fingerprint density at radius 2 is 0.587 bits per heavy atom. The summed E-state index contributed by atoms with van der Waals surface area (Å²) in [7, 11) is 0. The lowest BCUT2D eigenvalue weighted by Crippen LogP contribution is -2.67. The fourth-order valence-corrected chi connectivity index (χ4v) is 2.35. The van der Waals surface area contributed by atoms with E-state index in [0.29, 0.717) is 0 Å². The summed E-state index contributed by atoms with van der Waals surface area (Å²) in [5.74, 6) is -67.7. The Hall–Kier alpha value is -3.00. The fourth-order valence-electron chi connectivity index (χ4n) is 2.35. The van der Waals surface area contributed by atoms with Crippen molar-refractivity contribution in [3.8, 4) is 0 Å². The molecule has 28 heteroatoms. The number of carbonyl (C=O) groups is 2. The molecular weight excluding hydrogens is 736 g/mol. The molecule has 0 N–H and O–H groups in total. The van der Waals surface area contributed by atoms with Crippen LogP contribution in [0.1, 0.15) is 0 Å². The number of rotatable bonds is 16. The Kier molecular flexibility index (Phi) is 12.4. The smallest absolute Gasteiger partial charge is 0.385 e. The number of alkyl halides is 24. The second kappa shape index (κ2) is 13.2. The van der Waals surface area contributed by atoms with Crippen molar-refractivity contribution in [3.05, 3.63) is 12.2 Å². The van der Waals surface area contributed by atoms with Gasteiger partial charge in [-0.25, -0.2) is 35.9 Å². The average Bonchev–Trinajstić information content (AvgIpc) is 2.89. The standard InChI is InChI=1S/C18H8F24O4/c19-5(7(21)22)11(27,28)15(35,36)17(39,40)13(31,32)9(25)45-3(43)1-2-4(44)46-10(26)14(33,34)18(41,42)16(37,38)12(29,30)6(20)8(23)24/h1-2,5-10H. The molecule has 0 aromatic rings. The van der Waals surface area contributed by atoms with E-state index in [1.54, 1.807) is 0 Å². The van der Waals surface area contributed by atoms with Gasteiger partial charge < -0.3 is 9.47 Å². The predicted octanol–water partition coefficient (Wildman–Crippen LogP) is 7.51. The van der Waals surface area contributed by atoms with Crippen LogP contribution in [0.4, 0.5) is 105 Å². The van der Waals surface area contributed by atoms with Crippen molar-refractivity contribution >= 4 is 11.9 Å². The number of hydrogen-bond donors (Lipinski definition) is 0. The molecule has 0 heterocycles. The van der Waals surface area contributed by atoms with Crippen molar-refractivity contribution in [2.75, 3.05) is 0 Å². The minimum Gasteiger partial charge on any atom is -0.421 e. The first-order valence-electron chi connectivity index (χ1n) is 10.3. The number of carbonyl (C=O) groups excluding carboxylic acids is 2. The van der Waals surface area contributed by atoms with Gasteiger partial charge in [0.15, 0.2) is 0 Å². The first-order valence-corrected chi connectivity index (χ1v) is 10.3. The van der Waals surface area contributed by atoms with Crippen LogP contribution in [-0.4, -0.2) is 97.2 Å². The van der Waals surface area contributed by atoms with Crippen LogP contribution in [0.15, 0.2) is 12.2 Å². The average molecular weight is 744 g/mol. The zero-order valence-corrected chi connectivity index (χ0v) is 20.3. The van der Waals surface area contributed by atoms with Crippen LogP contribution >= 0.6 is 0 Å². The molecule has 0 aliphatic rings. The van der Waals surface area contributed by atoms with Crippen molar-refractivity contribution in [2.45, 2.75) is 85.3 Å². The van der Waals surface area contributed by atoms with Gasteiger partial charge in [0.05, 0.1) is 0 Å². The quantitative estimate of drug-likeness (QED) is 0.0934. The maximum absolute atomic E-state index is 13.5. The van der Waals surface area contributed by atoms with E-state index in [4.69, 9.17) is 0 Å². The highest BCUT2D eigenvalue weighted by Gasteiger charge is 2.86. The van der Waals surface area contributed by atoms with Crippen molar-refractivity contribution in [1.29, 1.82) is 0 Å². The molecule has 46 heavy (non-hydrogen) atoms. The summed E-state index contributed by atoms with van der Waals surface area (Å²) in [4.78, 5) is 22.2. The minimum atomic E-state index is -7.94. The number of hydrogen-bond acceptors (Lipinski definition) is 4. The lowest BCUT2D eigenvalue weighted by molar-refractivity contribution is -0.399. The topological polar surface area (TPSA) is 52.6 Å². The van der Waals surface area contributed by atoms with Crippen LogP contribution < -0.4 is 0 Å². The van der Waals surface area contributed by atoms with Crippen molar-refractivity contribution in [1.82, 2.24) is 0 Å². The van der Waals surface area contributed by atoms with Gasteiger partial charge in [0, 0.05) is 12.2 Å². The van der Waals surface area contributed by atoms with Crippen molar-refractivity contribution in [2.24, 2.45) is 0 Å². The third-order valence-corrected chi connectivity index (χ3v) is 4.96. The predicted molar refractivity (Wildman–Crippen MR) is 92.5 cm³/mol. The van der Waals surface area contributed by atoms with Crippen LogP contribution in [-0.2, 0) is 19.1 Å². The largest absolute Gasteiger partial charge is 0.421 e. The van der Waals surface area contributed by atoms with Gasteiger partial charge >= 0.3 is 72.0 Å². The molecule has 4 atom stereocenters. The number of esters is 2. The van der Waals surface area contributed by atoms with Gasteiger partial charge in [-0.2, -0.15) is 79.0 Å². The Morgan fingerprint density at radius 3 is 0.783 bits per heavy atom. The van der Waals surface area contributed by atoms with E-state index in [1.807, 2.05) is 0 Å². The molecule has 0 aromatic heterocycles. The molecule has 4 nitrogen and oxygen atoms in total. The van der Waals surface area contributed by atoms with Gasteiger partial charge in [0.1, 0.15) is 0 Å². The van der Waals surface area contributed by atoms with Gasteiger partial charge in [-0.05, 0) is 0 Å². The Labute approximate surface area is 235 Å². The summed E-state index contributed by atoms with van der Waals surface area (Å²) in [5, 5.41) is 0. The summed E-state index contributed by atoms with van der Waals surface area (Å²) in [6, 6.07) is 0. The highest BCUT2D eigenvalue weighted by molar-refractivity contribution is 5.91. The second-order valence-corrected chi connectivity index (χ2v) is 8.10. The highest BCUT2D eigenvalue weighted by atomic mass is 19.4. The lowest BCUT2D eigenvalue weighted by atomic mass is 9.95. The molecule has 0 aromatic carbocycles. The zero-order valence-electron chi connectivity index (χ0n) is 20.3. The molecule has 0 saturated heterocycles. The van der Waals surface area contributed by atoms with Gasteiger partial charge in [-0.15, -0.1) is 0 Å². The lowest BCUT2D eigenvalue weighted by Gasteiger charge is -2.38. The third-order valence-electron chi connectivity index (χ3n) is 4.96. The van der Waals surface area contributed by atoms with E-state index < -0.39 is 109 Å². The highest BCUT2D eigenvalue weighted by Crippen LogP contribution is 2.57. The van der Waals surface area contributed by atoms with Gasteiger partial charge in [-0.1, -0.05) is 0 Å². The molecule has 0 amide bonds. The maximum atomic E-state index is 13.5. The van der Waals surface area contributed by atoms with Crippen LogP contribution in [0, 0.1) is 0 Å².